The molecule has 8 heteroatoms. The predicted molar refractivity (Wildman–Crippen MR) is 120 cm³/mol. The number of ether oxygens (including phenoxy) is 1. The first-order valence-electron chi connectivity index (χ1n) is 9.50. The number of carbonyl (C=O) groups is 3. The van der Waals surface area contributed by atoms with Gasteiger partial charge in [-0.1, -0.05) is 53.5 Å². The van der Waals surface area contributed by atoms with Crippen molar-refractivity contribution in [1.82, 2.24) is 4.90 Å². The number of carbonyl (C=O) groups excluding carboxylic acids is 3. The molecule has 1 unspecified atom stereocenters. The third kappa shape index (κ3) is 3.70. The Morgan fingerprint density at radius 3 is 2.35 bits per heavy atom. The summed E-state index contributed by atoms with van der Waals surface area (Å²) in [6, 6.07) is 13.3. The highest BCUT2D eigenvalue weighted by atomic mass is 35.5. The van der Waals surface area contributed by atoms with Gasteiger partial charge < -0.3 is 15.0 Å². The lowest BCUT2D eigenvalue weighted by Crippen LogP contribution is -2.56. The van der Waals surface area contributed by atoms with Crippen LogP contribution in [0.25, 0.3) is 0 Å². The van der Waals surface area contributed by atoms with Crippen molar-refractivity contribution in [3.05, 3.63) is 75.9 Å². The first-order valence-corrected chi connectivity index (χ1v) is 10.3. The highest BCUT2D eigenvalue weighted by Gasteiger charge is 2.59. The van der Waals surface area contributed by atoms with E-state index >= 15 is 0 Å². The van der Waals surface area contributed by atoms with Gasteiger partial charge in [0.2, 0.25) is 5.91 Å². The van der Waals surface area contributed by atoms with Gasteiger partial charge in [0, 0.05) is 11.2 Å². The number of esters is 1. The third-order valence-corrected chi connectivity index (χ3v) is 6.05. The summed E-state index contributed by atoms with van der Waals surface area (Å²) in [6.45, 7) is 4.84. The van der Waals surface area contributed by atoms with Gasteiger partial charge in [-0.05, 0) is 50.1 Å². The minimum absolute atomic E-state index is 0.307. The first-order chi connectivity index (χ1) is 14.6. The minimum atomic E-state index is -1.67. The summed E-state index contributed by atoms with van der Waals surface area (Å²) >= 11 is 12.2. The number of hydrogen-bond donors (Lipinski definition) is 1. The normalized spacial score (nSPS) is 18.6. The summed E-state index contributed by atoms with van der Waals surface area (Å²) in [5, 5.41) is 3.43. The van der Waals surface area contributed by atoms with E-state index in [-0.39, 0.29) is 0 Å². The van der Waals surface area contributed by atoms with Crippen LogP contribution in [0.2, 0.25) is 10.0 Å². The van der Waals surface area contributed by atoms with Gasteiger partial charge in [0.25, 0.3) is 5.91 Å². The molecule has 0 spiro atoms. The fourth-order valence-corrected chi connectivity index (χ4v) is 3.99. The molecule has 1 aliphatic rings. The van der Waals surface area contributed by atoms with Crippen molar-refractivity contribution in [2.75, 3.05) is 12.4 Å². The molecule has 0 fully saturated rings. The molecule has 1 heterocycles. The quantitative estimate of drug-likeness (QED) is 0.523. The van der Waals surface area contributed by atoms with Crippen molar-refractivity contribution >= 4 is 46.7 Å². The summed E-state index contributed by atoms with van der Waals surface area (Å²) in [7, 11) is 1.23. The number of halogens is 2. The topological polar surface area (TPSA) is 75.7 Å². The summed E-state index contributed by atoms with van der Waals surface area (Å²) in [6.07, 6.45) is 1.52. The van der Waals surface area contributed by atoms with Gasteiger partial charge in [-0.2, -0.15) is 0 Å². The lowest BCUT2D eigenvalue weighted by Gasteiger charge is -2.35. The molecule has 2 amide bonds. The molecule has 162 valence electrons. The van der Waals surface area contributed by atoms with E-state index in [4.69, 9.17) is 27.9 Å². The van der Waals surface area contributed by atoms with Crippen molar-refractivity contribution < 1.29 is 19.1 Å². The average molecular weight is 461 g/mol. The van der Waals surface area contributed by atoms with E-state index < -0.39 is 28.7 Å². The van der Waals surface area contributed by atoms with E-state index in [1.54, 1.807) is 63.2 Å². The Kier molecular flexibility index (Phi) is 6.16. The van der Waals surface area contributed by atoms with Crippen LogP contribution in [0.15, 0.2) is 60.3 Å². The van der Waals surface area contributed by atoms with E-state index in [9.17, 15) is 14.4 Å². The second-order valence-electron chi connectivity index (χ2n) is 7.73. The lowest BCUT2D eigenvalue weighted by atomic mass is 9.75. The highest BCUT2D eigenvalue weighted by Crippen LogP contribution is 2.43. The van der Waals surface area contributed by atoms with E-state index in [1.165, 1.54) is 24.3 Å². The van der Waals surface area contributed by atoms with Crippen LogP contribution in [0.4, 0.5) is 5.69 Å². The summed E-state index contributed by atoms with van der Waals surface area (Å²) in [4.78, 5) is 41.1. The monoisotopic (exact) mass is 460 g/mol. The molecule has 0 radical (unpaired) electrons. The molecular weight excluding hydrogens is 439 g/mol. The number of nitrogens with one attached hydrogen (secondary N) is 1. The molecule has 1 atom stereocenters. The molecule has 2 aromatic rings. The van der Waals surface area contributed by atoms with Crippen molar-refractivity contribution in [1.29, 1.82) is 0 Å². The largest absolute Gasteiger partial charge is 0.468 e. The number of amides is 2. The van der Waals surface area contributed by atoms with E-state index in [0.29, 0.717) is 26.9 Å². The predicted octanol–water partition coefficient (Wildman–Crippen LogP) is 4.57. The molecule has 6 nitrogen and oxygen atoms in total. The van der Waals surface area contributed by atoms with E-state index in [0.717, 1.165) is 0 Å². The molecule has 0 bridgehead atoms. The fraction of sp³-hybridized carbons (Fsp3) is 0.261. The van der Waals surface area contributed by atoms with Gasteiger partial charge in [0.15, 0.2) is 5.41 Å². The van der Waals surface area contributed by atoms with Crippen LogP contribution in [0.1, 0.15) is 26.3 Å². The molecule has 1 N–H and O–H groups in total. The van der Waals surface area contributed by atoms with Crippen molar-refractivity contribution in [2.24, 2.45) is 0 Å². The Labute approximate surface area is 190 Å². The molecule has 2 aromatic carbocycles. The molecule has 1 aliphatic heterocycles. The van der Waals surface area contributed by atoms with Crippen LogP contribution in [0, 0.1) is 0 Å². The molecular formula is C23H22Cl2N2O4. The zero-order valence-corrected chi connectivity index (χ0v) is 19.0. The number of anilines is 1. The Balaban J connectivity index is 2.01. The van der Waals surface area contributed by atoms with Crippen LogP contribution in [-0.2, 0) is 24.5 Å². The molecule has 0 saturated heterocycles. The summed E-state index contributed by atoms with van der Waals surface area (Å²) in [5.74, 6) is -1.78. The molecule has 0 aromatic heterocycles. The average Bonchev–Trinajstić information content (AvgIpc) is 3.02. The Bertz CT molecular complexity index is 1080. The molecule has 31 heavy (non-hydrogen) atoms. The van der Waals surface area contributed by atoms with Crippen molar-refractivity contribution in [3.8, 4) is 0 Å². The van der Waals surface area contributed by atoms with Gasteiger partial charge in [-0.25, -0.2) is 0 Å². The Morgan fingerprint density at radius 2 is 1.74 bits per heavy atom. The zero-order valence-electron chi connectivity index (χ0n) is 17.5. The number of benzene rings is 2. The Morgan fingerprint density at radius 1 is 1.10 bits per heavy atom. The fourth-order valence-electron chi connectivity index (χ4n) is 3.65. The lowest BCUT2D eigenvalue weighted by molar-refractivity contribution is -0.155. The van der Waals surface area contributed by atoms with Crippen LogP contribution >= 0.6 is 23.2 Å². The van der Waals surface area contributed by atoms with Crippen LogP contribution < -0.4 is 5.32 Å². The number of hydrogen-bond acceptors (Lipinski definition) is 4. The maximum Gasteiger partial charge on any atom is 0.330 e. The van der Waals surface area contributed by atoms with Gasteiger partial charge in [0.1, 0.15) is 5.54 Å². The first kappa shape index (κ1) is 22.8. The number of nitrogens with zero attached hydrogens (tertiary/aromatic N) is 1. The van der Waals surface area contributed by atoms with Gasteiger partial charge in [-0.3, -0.25) is 14.4 Å². The number of methoxy groups -OCH3 is 1. The second-order valence-corrected chi connectivity index (χ2v) is 8.58. The third-order valence-electron chi connectivity index (χ3n) is 5.49. The second kappa shape index (κ2) is 8.36. The zero-order chi connectivity index (χ0) is 23.0. The van der Waals surface area contributed by atoms with Crippen molar-refractivity contribution in [3.63, 3.8) is 0 Å². The van der Waals surface area contributed by atoms with Crippen LogP contribution in [0.3, 0.4) is 0 Å². The molecule has 0 saturated carbocycles. The SMILES string of the molecule is COC(=O)C1(c2ccccc2)C(=O)N(C(C)(C)C(=O)Nc2cc(Cl)ccc2Cl)C=C1C. The smallest absolute Gasteiger partial charge is 0.330 e. The highest BCUT2D eigenvalue weighted by molar-refractivity contribution is 6.35. The molecule has 3 rings (SSSR count). The number of rotatable bonds is 5. The van der Waals surface area contributed by atoms with E-state index in [2.05, 4.69) is 5.32 Å². The van der Waals surface area contributed by atoms with Gasteiger partial charge >= 0.3 is 5.97 Å². The van der Waals surface area contributed by atoms with Gasteiger partial charge in [0.05, 0.1) is 17.8 Å². The summed E-state index contributed by atoms with van der Waals surface area (Å²) in [5.41, 5.74) is -1.77. The Hall–Kier alpha value is -2.83. The molecule has 0 aliphatic carbocycles. The maximum absolute atomic E-state index is 13.7. The van der Waals surface area contributed by atoms with Crippen molar-refractivity contribution in [2.45, 2.75) is 31.7 Å². The van der Waals surface area contributed by atoms with Crippen LogP contribution in [-0.4, -0.2) is 35.3 Å². The minimum Gasteiger partial charge on any atom is -0.468 e. The van der Waals surface area contributed by atoms with E-state index in [1.807, 2.05) is 0 Å². The van der Waals surface area contributed by atoms with Gasteiger partial charge in [-0.15, -0.1) is 0 Å². The standard InChI is InChI=1S/C23H22Cl2N2O4/c1-14-13-27(20(29)23(14,21(30)31-4)15-8-6-5-7-9-15)22(2,3)19(28)26-18-12-16(24)10-11-17(18)25/h5-13H,1-4H3,(H,26,28). The maximum atomic E-state index is 13.7. The van der Waals surface area contributed by atoms with Crippen LogP contribution in [0.5, 0.6) is 0 Å². The summed E-state index contributed by atoms with van der Waals surface area (Å²) < 4.78 is 5.02.